The minimum atomic E-state index is -4.78. The lowest BCUT2D eigenvalue weighted by atomic mass is 10.1. The highest BCUT2D eigenvalue weighted by molar-refractivity contribution is 9.10. The predicted molar refractivity (Wildman–Crippen MR) is 121 cm³/mol. The lowest BCUT2D eigenvalue weighted by Gasteiger charge is -2.12. The van der Waals surface area contributed by atoms with Gasteiger partial charge in [-0.15, -0.1) is 0 Å². The molecular weight excluding hydrogens is 536 g/mol. The summed E-state index contributed by atoms with van der Waals surface area (Å²) in [7, 11) is 1.12. The molecule has 7 nitrogen and oxygen atoms in total. The number of aromatic nitrogens is 3. The number of esters is 1. The van der Waals surface area contributed by atoms with E-state index in [-0.39, 0.29) is 34.4 Å². The molecule has 35 heavy (non-hydrogen) atoms. The Morgan fingerprint density at radius 1 is 1.11 bits per heavy atom. The molecule has 0 atom stereocenters. The number of ether oxygens (including phenoxy) is 1. The smallest absolute Gasteiger partial charge is 0.433 e. The summed E-state index contributed by atoms with van der Waals surface area (Å²) in [5.41, 5.74) is -1.24. The van der Waals surface area contributed by atoms with Crippen LogP contribution in [0.5, 0.6) is 0 Å². The second-order valence-corrected chi connectivity index (χ2v) is 8.29. The van der Waals surface area contributed by atoms with Gasteiger partial charge in [-0.3, -0.25) is 9.48 Å². The molecule has 1 amide bonds. The van der Waals surface area contributed by atoms with Crippen LogP contribution >= 0.6 is 15.9 Å². The lowest BCUT2D eigenvalue weighted by molar-refractivity contribution is -0.141. The number of nitrogens with one attached hydrogen (secondary N) is 1. The number of pyridine rings is 1. The van der Waals surface area contributed by atoms with Gasteiger partial charge < -0.3 is 10.1 Å². The molecule has 2 aromatic carbocycles. The van der Waals surface area contributed by atoms with Crippen molar-refractivity contribution >= 4 is 44.4 Å². The van der Waals surface area contributed by atoms with Crippen molar-refractivity contribution in [3.05, 3.63) is 87.5 Å². The van der Waals surface area contributed by atoms with E-state index in [9.17, 15) is 27.2 Å². The van der Waals surface area contributed by atoms with Gasteiger partial charge in [0, 0.05) is 16.1 Å². The van der Waals surface area contributed by atoms with Gasteiger partial charge >= 0.3 is 12.1 Å². The number of methoxy groups -OCH3 is 1. The summed E-state index contributed by atoms with van der Waals surface area (Å²) >= 11 is 3.24. The fourth-order valence-electron chi connectivity index (χ4n) is 3.34. The van der Waals surface area contributed by atoms with Crippen LogP contribution in [0.1, 0.15) is 32.1 Å². The lowest BCUT2D eigenvalue weighted by Crippen LogP contribution is -2.17. The molecule has 0 fully saturated rings. The first kappa shape index (κ1) is 24.3. The Kier molecular flexibility index (Phi) is 6.57. The van der Waals surface area contributed by atoms with E-state index in [1.807, 2.05) is 0 Å². The van der Waals surface area contributed by atoms with Gasteiger partial charge in [0.1, 0.15) is 11.5 Å². The molecule has 2 heterocycles. The van der Waals surface area contributed by atoms with Crippen LogP contribution in [-0.2, 0) is 17.5 Å². The number of anilines is 1. The minimum Gasteiger partial charge on any atom is -0.464 e. The summed E-state index contributed by atoms with van der Waals surface area (Å²) in [6.07, 6.45) is -3.45. The van der Waals surface area contributed by atoms with Crippen LogP contribution in [0, 0.1) is 5.82 Å². The monoisotopic (exact) mass is 550 g/mol. The molecule has 0 aliphatic heterocycles. The van der Waals surface area contributed by atoms with Gasteiger partial charge in [0.2, 0.25) is 0 Å². The quantitative estimate of drug-likeness (QED) is 0.264. The number of nitrogens with zero attached hydrogens (tertiary/aromatic N) is 3. The van der Waals surface area contributed by atoms with E-state index in [1.54, 1.807) is 0 Å². The summed E-state index contributed by atoms with van der Waals surface area (Å²) in [6.45, 7) is 0.128. The number of fused-ring (bicyclic) bond motifs is 1. The molecule has 2 aromatic heterocycles. The highest BCUT2D eigenvalue weighted by atomic mass is 79.9. The fourth-order valence-corrected chi connectivity index (χ4v) is 3.70. The number of benzene rings is 2. The minimum absolute atomic E-state index is 0.0339. The van der Waals surface area contributed by atoms with Crippen LogP contribution in [-0.4, -0.2) is 33.8 Å². The Labute approximate surface area is 203 Å². The average Bonchev–Trinajstić information content (AvgIpc) is 3.20. The molecule has 0 spiro atoms. The van der Waals surface area contributed by atoms with Crippen LogP contribution in [0.15, 0.2) is 59.2 Å². The summed E-state index contributed by atoms with van der Waals surface area (Å²) in [6, 6.07) is 10.5. The molecule has 0 radical (unpaired) electrons. The molecule has 180 valence electrons. The number of carbonyl (C=O) groups is 2. The van der Waals surface area contributed by atoms with Crippen molar-refractivity contribution in [1.82, 2.24) is 14.8 Å². The number of rotatable bonds is 5. The second-order valence-electron chi connectivity index (χ2n) is 7.38. The number of hydrogen-bond acceptors (Lipinski definition) is 5. The van der Waals surface area contributed by atoms with E-state index in [4.69, 9.17) is 4.74 Å². The van der Waals surface area contributed by atoms with Crippen LogP contribution in [0.4, 0.5) is 23.2 Å². The average molecular weight is 551 g/mol. The van der Waals surface area contributed by atoms with Crippen LogP contribution in [0.2, 0.25) is 0 Å². The number of amides is 1. The van der Waals surface area contributed by atoms with E-state index in [1.165, 1.54) is 53.3 Å². The topological polar surface area (TPSA) is 86.1 Å². The van der Waals surface area contributed by atoms with Crippen molar-refractivity contribution in [3.63, 3.8) is 0 Å². The van der Waals surface area contributed by atoms with E-state index in [0.717, 1.165) is 7.11 Å². The third-order valence-corrected chi connectivity index (χ3v) is 5.45. The first-order chi connectivity index (χ1) is 16.5. The molecule has 0 bridgehead atoms. The molecule has 0 aliphatic rings. The number of halogens is 5. The Hall–Kier alpha value is -3.80. The summed E-state index contributed by atoms with van der Waals surface area (Å²) < 4.78 is 60.0. The molecule has 1 N–H and O–H groups in total. The predicted octanol–water partition coefficient (Wildman–Crippen LogP) is 5.44. The van der Waals surface area contributed by atoms with Crippen molar-refractivity contribution in [1.29, 1.82) is 0 Å². The Morgan fingerprint density at radius 3 is 2.49 bits per heavy atom. The third kappa shape index (κ3) is 5.32. The standard InChI is InChI=1S/C23H15BrF4N4O3/c1-35-22(34)20-18(11-32(31-20)10-12-2-5-14(25)6-3-12)30-21(33)16-9-19(23(26,27)28)29-17-7-4-13(24)8-15(16)17/h2-9,11H,10H2,1H3,(H,30,33). The molecule has 12 heteroatoms. The Morgan fingerprint density at radius 2 is 1.83 bits per heavy atom. The maximum Gasteiger partial charge on any atom is 0.433 e. The zero-order chi connectivity index (χ0) is 25.3. The fraction of sp³-hybridized carbons (Fsp3) is 0.130. The second kappa shape index (κ2) is 9.45. The summed E-state index contributed by atoms with van der Waals surface area (Å²) in [4.78, 5) is 29.0. The van der Waals surface area contributed by atoms with Gasteiger partial charge in [-0.05, 0) is 42.0 Å². The largest absolute Gasteiger partial charge is 0.464 e. The molecule has 4 rings (SSSR count). The summed E-state index contributed by atoms with van der Waals surface area (Å²) in [5.74, 6) is -2.20. The zero-order valence-corrected chi connectivity index (χ0v) is 19.4. The van der Waals surface area contributed by atoms with E-state index in [0.29, 0.717) is 16.1 Å². The van der Waals surface area contributed by atoms with Crippen molar-refractivity contribution in [2.24, 2.45) is 0 Å². The molecule has 0 saturated heterocycles. The van der Waals surface area contributed by atoms with Crippen LogP contribution in [0.3, 0.4) is 0 Å². The maximum absolute atomic E-state index is 13.4. The van der Waals surface area contributed by atoms with Gasteiger partial charge in [0.15, 0.2) is 5.69 Å². The van der Waals surface area contributed by atoms with Crippen LogP contribution in [0.25, 0.3) is 10.9 Å². The highest BCUT2D eigenvalue weighted by Crippen LogP contribution is 2.32. The number of alkyl halides is 3. The van der Waals surface area contributed by atoms with Crippen LogP contribution < -0.4 is 5.32 Å². The van der Waals surface area contributed by atoms with Crippen molar-refractivity contribution in [2.45, 2.75) is 12.7 Å². The molecule has 0 aliphatic carbocycles. The van der Waals surface area contributed by atoms with E-state index >= 15 is 0 Å². The highest BCUT2D eigenvalue weighted by Gasteiger charge is 2.34. The third-order valence-electron chi connectivity index (χ3n) is 4.95. The number of carbonyl (C=O) groups excluding carboxylic acids is 2. The van der Waals surface area contributed by atoms with Gasteiger partial charge in [-0.2, -0.15) is 18.3 Å². The van der Waals surface area contributed by atoms with Gasteiger partial charge in [0.25, 0.3) is 5.91 Å². The van der Waals surface area contributed by atoms with E-state index < -0.39 is 29.6 Å². The molecule has 0 unspecified atom stereocenters. The van der Waals surface area contributed by atoms with Gasteiger partial charge in [-0.1, -0.05) is 28.1 Å². The molecule has 0 saturated carbocycles. The van der Waals surface area contributed by atoms with Crippen molar-refractivity contribution in [2.75, 3.05) is 12.4 Å². The van der Waals surface area contributed by atoms with Gasteiger partial charge in [0.05, 0.1) is 30.4 Å². The normalized spacial score (nSPS) is 11.5. The van der Waals surface area contributed by atoms with E-state index in [2.05, 4.69) is 31.3 Å². The van der Waals surface area contributed by atoms with Gasteiger partial charge in [-0.25, -0.2) is 14.2 Å². The number of hydrogen-bond donors (Lipinski definition) is 1. The zero-order valence-electron chi connectivity index (χ0n) is 17.9. The molecule has 4 aromatic rings. The maximum atomic E-state index is 13.4. The molecular formula is C23H15BrF4N4O3. The first-order valence-electron chi connectivity index (χ1n) is 9.94. The SMILES string of the molecule is COC(=O)c1nn(Cc2ccc(F)cc2)cc1NC(=O)c1cc(C(F)(F)F)nc2ccc(Br)cc12. The van der Waals surface area contributed by atoms with Crippen molar-refractivity contribution < 1.29 is 31.9 Å². The summed E-state index contributed by atoms with van der Waals surface area (Å²) in [5, 5.41) is 6.74. The first-order valence-corrected chi connectivity index (χ1v) is 10.7. The van der Waals surface area contributed by atoms with Crippen molar-refractivity contribution in [3.8, 4) is 0 Å². The Bertz CT molecular complexity index is 1440. The Balaban J connectivity index is 1.73.